The molecule has 4 rings (SSSR count). The van der Waals surface area contributed by atoms with Crippen molar-refractivity contribution in [3.63, 3.8) is 0 Å². The summed E-state index contributed by atoms with van der Waals surface area (Å²) >= 11 is 0. The van der Waals surface area contributed by atoms with Gasteiger partial charge in [-0.2, -0.15) is 13.2 Å². The fourth-order valence-corrected chi connectivity index (χ4v) is 4.10. The van der Waals surface area contributed by atoms with E-state index in [-0.39, 0.29) is 21.9 Å². The Hall–Kier alpha value is -2.37. The fourth-order valence-electron chi connectivity index (χ4n) is 4.10. The van der Waals surface area contributed by atoms with Crippen molar-refractivity contribution in [1.29, 1.82) is 0 Å². The number of rotatable bonds is 3. The van der Waals surface area contributed by atoms with Crippen LogP contribution in [0.3, 0.4) is 0 Å². The van der Waals surface area contributed by atoms with E-state index in [0.717, 1.165) is 37.7 Å². The molecule has 1 heterocycles. The molecule has 1 atom stereocenters. The molecule has 1 nitrogen and oxygen atoms in total. The maximum Gasteiger partial charge on any atom is 0.416 e. The van der Waals surface area contributed by atoms with Crippen molar-refractivity contribution in [3.05, 3.63) is 53.1 Å². The molecule has 6 heteroatoms. The van der Waals surface area contributed by atoms with Gasteiger partial charge in [-0.25, -0.2) is 8.78 Å². The molecule has 3 aromatic rings. The van der Waals surface area contributed by atoms with Crippen LogP contribution in [-0.2, 0) is 6.18 Å². The average molecular weight is 394 g/mol. The zero-order valence-corrected chi connectivity index (χ0v) is 15.3. The summed E-state index contributed by atoms with van der Waals surface area (Å²) in [4.78, 5) is 0. The first kappa shape index (κ1) is 19.0. The molecule has 0 saturated carbocycles. The molecule has 0 amide bonds. The zero-order chi connectivity index (χ0) is 20.1. The standard InChI is InChI=1S/C22H19F5O/c1-2-3-12-4-6-13(7-5-12)15-8-9-16-19-17(23)10-14(22(25,26)27)11-18(19)28-21(16)20(15)24/h6,8-12H,2-5,7H2,1H3. The minimum absolute atomic E-state index is 0.130. The number of halogens is 5. The molecule has 0 aliphatic heterocycles. The van der Waals surface area contributed by atoms with Gasteiger partial charge in [0.1, 0.15) is 11.4 Å². The van der Waals surface area contributed by atoms with Crippen LogP contribution in [0.2, 0.25) is 0 Å². The molecule has 0 saturated heterocycles. The molecule has 1 aliphatic carbocycles. The van der Waals surface area contributed by atoms with Crippen LogP contribution >= 0.6 is 0 Å². The van der Waals surface area contributed by atoms with Gasteiger partial charge in [-0.3, -0.25) is 0 Å². The van der Waals surface area contributed by atoms with Crippen LogP contribution in [0, 0.1) is 17.6 Å². The lowest BCUT2D eigenvalue weighted by molar-refractivity contribution is -0.137. The second-order valence-electron chi connectivity index (χ2n) is 7.39. The highest BCUT2D eigenvalue weighted by atomic mass is 19.4. The van der Waals surface area contributed by atoms with Crippen LogP contribution in [0.1, 0.15) is 50.2 Å². The molecular formula is C22H19F5O. The quantitative estimate of drug-likeness (QED) is 0.412. The molecule has 1 aliphatic rings. The minimum Gasteiger partial charge on any atom is -0.453 e. The number of allylic oxidation sites excluding steroid dienone is 2. The van der Waals surface area contributed by atoms with Crippen molar-refractivity contribution < 1.29 is 26.4 Å². The maximum atomic E-state index is 15.1. The first-order valence-corrected chi connectivity index (χ1v) is 9.40. The van der Waals surface area contributed by atoms with E-state index in [2.05, 4.69) is 6.92 Å². The number of furan rings is 1. The second kappa shape index (κ2) is 6.90. The normalized spacial score (nSPS) is 18.1. The third-order valence-corrected chi connectivity index (χ3v) is 5.52. The van der Waals surface area contributed by atoms with Gasteiger partial charge in [0.25, 0.3) is 0 Å². The molecule has 0 radical (unpaired) electrons. The van der Waals surface area contributed by atoms with Gasteiger partial charge >= 0.3 is 6.18 Å². The lowest BCUT2D eigenvalue weighted by Gasteiger charge is -2.21. The molecule has 0 spiro atoms. The molecule has 1 unspecified atom stereocenters. The van der Waals surface area contributed by atoms with Crippen molar-refractivity contribution >= 4 is 27.5 Å². The van der Waals surface area contributed by atoms with Crippen molar-refractivity contribution in [2.75, 3.05) is 0 Å². The Bertz CT molecular complexity index is 1070. The zero-order valence-electron chi connectivity index (χ0n) is 15.3. The van der Waals surface area contributed by atoms with Gasteiger partial charge in [0.05, 0.1) is 10.9 Å². The SMILES string of the molecule is CCCC1CC=C(c2ccc3c(oc4cc(C(F)(F)F)cc(F)c43)c2F)CC1. The average Bonchev–Trinajstić information content (AvgIpc) is 3.03. The van der Waals surface area contributed by atoms with Crippen molar-refractivity contribution in [1.82, 2.24) is 0 Å². The summed E-state index contributed by atoms with van der Waals surface area (Å²) in [5.74, 6) is -1.13. The van der Waals surface area contributed by atoms with Gasteiger partial charge in [-0.1, -0.05) is 31.9 Å². The molecule has 0 fully saturated rings. The summed E-state index contributed by atoms with van der Waals surface area (Å²) in [5, 5.41) is 0.0110. The summed E-state index contributed by atoms with van der Waals surface area (Å²) in [6, 6.07) is 4.22. The number of hydrogen-bond acceptors (Lipinski definition) is 1. The van der Waals surface area contributed by atoms with Crippen LogP contribution < -0.4 is 0 Å². The molecule has 148 valence electrons. The van der Waals surface area contributed by atoms with E-state index in [1.807, 2.05) is 6.08 Å². The fraction of sp³-hybridized carbons (Fsp3) is 0.364. The van der Waals surface area contributed by atoms with Crippen molar-refractivity contribution in [3.8, 4) is 0 Å². The Morgan fingerprint density at radius 2 is 1.93 bits per heavy atom. The highest BCUT2D eigenvalue weighted by molar-refractivity contribution is 6.06. The lowest BCUT2D eigenvalue weighted by Crippen LogP contribution is -2.05. The first-order chi connectivity index (χ1) is 13.3. The second-order valence-corrected chi connectivity index (χ2v) is 7.39. The summed E-state index contributed by atoms with van der Waals surface area (Å²) in [6.45, 7) is 2.14. The van der Waals surface area contributed by atoms with Gasteiger partial charge < -0.3 is 4.42 Å². The van der Waals surface area contributed by atoms with Gasteiger partial charge in [0, 0.05) is 10.9 Å². The van der Waals surface area contributed by atoms with Crippen LogP contribution in [0.25, 0.3) is 27.5 Å². The lowest BCUT2D eigenvalue weighted by atomic mass is 9.84. The van der Waals surface area contributed by atoms with E-state index in [0.29, 0.717) is 23.6 Å². The maximum absolute atomic E-state index is 15.1. The molecule has 2 aromatic carbocycles. The van der Waals surface area contributed by atoms with E-state index in [1.54, 1.807) is 6.07 Å². The largest absolute Gasteiger partial charge is 0.453 e. The Morgan fingerprint density at radius 3 is 2.57 bits per heavy atom. The van der Waals surface area contributed by atoms with Gasteiger partial charge in [-0.05, 0) is 49.0 Å². The molecule has 0 N–H and O–H groups in total. The van der Waals surface area contributed by atoms with E-state index in [1.165, 1.54) is 6.07 Å². The van der Waals surface area contributed by atoms with Gasteiger partial charge in [0.2, 0.25) is 0 Å². The Morgan fingerprint density at radius 1 is 1.14 bits per heavy atom. The molecule has 1 aromatic heterocycles. The van der Waals surface area contributed by atoms with E-state index in [4.69, 9.17) is 4.42 Å². The summed E-state index contributed by atoms with van der Waals surface area (Å²) in [7, 11) is 0. The van der Waals surface area contributed by atoms with E-state index >= 15 is 4.39 Å². The first-order valence-electron chi connectivity index (χ1n) is 9.40. The van der Waals surface area contributed by atoms with Crippen molar-refractivity contribution in [2.24, 2.45) is 5.92 Å². The Kier molecular flexibility index (Phi) is 4.68. The third kappa shape index (κ3) is 3.19. The number of alkyl halides is 3. The van der Waals surface area contributed by atoms with Gasteiger partial charge in [0.15, 0.2) is 11.4 Å². The summed E-state index contributed by atoms with van der Waals surface area (Å²) in [6.07, 6.45) is 2.15. The Labute approximate surface area is 158 Å². The summed E-state index contributed by atoms with van der Waals surface area (Å²) < 4.78 is 73.6. The Balaban J connectivity index is 1.82. The third-order valence-electron chi connectivity index (χ3n) is 5.52. The van der Waals surface area contributed by atoms with Crippen LogP contribution in [0.4, 0.5) is 22.0 Å². The van der Waals surface area contributed by atoms with E-state index in [9.17, 15) is 17.6 Å². The number of hydrogen-bond donors (Lipinski definition) is 0. The highest BCUT2D eigenvalue weighted by Crippen LogP contribution is 2.40. The molecule has 28 heavy (non-hydrogen) atoms. The predicted octanol–water partition coefficient (Wildman–Crippen LogP) is 7.87. The monoisotopic (exact) mass is 394 g/mol. The number of fused-ring (bicyclic) bond motifs is 3. The van der Waals surface area contributed by atoms with Crippen molar-refractivity contribution in [2.45, 2.75) is 45.2 Å². The number of benzene rings is 2. The molecule has 0 bridgehead atoms. The minimum atomic E-state index is -4.71. The van der Waals surface area contributed by atoms with Crippen LogP contribution in [0.15, 0.2) is 34.8 Å². The molecular weight excluding hydrogens is 375 g/mol. The predicted molar refractivity (Wildman–Crippen MR) is 98.9 cm³/mol. The van der Waals surface area contributed by atoms with E-state index < -0.39 is 23.4 Å². The van der Waals surface area contributed by atoms with Gasteiger partial charge in [-0.15, -0.1) is 0 Å². The van der Waals surface area contributed by atoms with Crippen LogP contribution in [0.5, 0.6) is 0 Å². The summed E-state index contributed by atoms with van der Waals surface area (Å²) in [5.41, 5.74) is -0.433. The van der Waals surface area contributed by atoms with Crippen LogP contribution in [-0.4, -0.2) is 0 Å². The highest BCUT2D eigenvalue weighted by Gasteiger charge is 2.33. The topological polar surface area (TPSA) is 13.1 Å². The smallest absolute Gasteiger partial charge is 0.416 e.